The van der Waals surface area contributed by atoms with Crippen molar-refractivity contribution in [2.24, 2.45) is 0 Å². The van der Waals surface area contributed by atoms with Gasteiger partial charge in [0.15, 0.2) is 11.6 Å². The van der Waals surface area contributed by atoms with Gasteiger partial charge >= 0.3 is 0 Å². The highest BCUT2D eigenvalue weighted by molar-refractivity contribution is 5.67. The summed E-state index contributed by atoms with van der Waals surface area (Å²) in [6.45, 7) is 4.70. The highest BCUT2D eigenvalue weighted by Gasteiger charge is 2.25. The van der Waals surface area contributed by atoms with Crippen molar-refractivity contribution in [1.82, 2.24) is 0 Å². The van der Waals surface area contributed by atoms with Crippen LogP contribution in [0.25, 0.3) is 17.2 Å². The summed E-state index contributed by atoms with van der Waals surface area (Å²) in [6, 6.07) is 7.38. The third-order valence-electron chi connectivity index (χ3n) is 4.75. The van der Waals surface area contributed by atoms with Gasteiger partial charge in [0.1, 0.15) is 5.82 Å². The fourth-order valence-corrected chi connectivity index (χ4v) is 3.39. The molecule has 0 radical (unpaired) electrons. The van der Waals surface area contributed by atoms with Gasteiger partial charge in [0.25, 0.3) is 0 Å². The molecule has 0 N–H and O–H groups in total. The Labute approximate surface area is 157 Å². The van der Waals surface area contributed by atoms with Gasteiger partial charge < -0.3 is 9.47 Å². The highest BCUT2D eigenvalue weighted by Crippen LogP contribution is 2.34. The quantitative estimate of drug-likeness (QED) is 0.631. The van der Waals surface area contributed by atoms with Crippen LogP contribution in [-0.2, 0) is 9.47 Å². The van der Waals surface area contributed by atoms with Crippen molar-refractivity contribution in [3.63, 3.8) is 0 Å². The normalized spacial score (nSPS) is 20.3. The van der Waals surface area contributed by atoms with E-state index in [2.05, 4.69) is 0 Å². The Morgan fingerprint density at radius 3 is 2.56 bits per heavy atom. The molecule has 1 aliphatic rings. The highest BCUT2D eigenvalue weighted by atomic mass is 19.2. The molecule has 5 heteroatoms. The monoisotopic (exact) mass is 376 g/mol. The first-order chi connectivity index (χ1) is 13.0. The lowest BCUT2D eigenvalue weighted by molar-refractivity contribution is -0.0849. The van der Waals surface area contributed by atoms with Crippen molar-refractivity contribution >= 4 is 6.08 Å². The standard InChI is InChI=1S/C22H23F3O2/c1-3-5-14-6-9-17(22(25)21(14)24)15-7-10-18(19(23)12-15)20-11-8-16(13-27-20)26-4-2/h3,5-7,9-10,12,16,20H,4,8,11,13H2,1-2H3/b5-3+. The Morgan fingerprint density at radius 1 is 1.11 bits per heavy atom. The molecule has 2 aromatic carbocycles. The van der Waals surface area contributed by atoms with Crippen LogP contribution in [0.3, 0.4) is 0 Å². The van der Waals surface area contributed by atoms with E-state index in [1.54, 1.807) is 25.1 Å². The lowest BCUT2D eigenvalue weighted by Gasteiger charge is -2.29. The SMILES string of the molecule is C/C=C/c1ccc(-c2ccc(C3CCC(OCC)CO3)c(F)c2)c(F)c1F. The van der Waals surface area contributed by atoms with E-state index in [1.165, 1.54) is 24.3 Å². The van der Waals surface area contributed by atoms with Gasteiger partial charge in [-0.2, -0.15) is 0 Å². The average molecular weight is 376 g/mol. The van der Waals surface area contributed by atoms with Crippen molar-refractivity contribution < 1.29 is 22.6 Å². The second-order valence-corrected chi connectivity index (χ2v) is 6.54. The minimum Gasteiger partial charge on any atom is -0.376 e. The van der Waals surface area contributed by atoms with Crippen molar-refractivity contribution in [3.8, 4) is 11.1 Å². The van der Waals surface area contributed by atoms with Gasteiger partial charge in [-0.3, -0.25) is 0 Å². The zero-order valence-corrected chi connectivity index (χ0v) is 15.5. The van der Waals surface area contributed by atoms with Crippen LogP contribution in [0.1, 0.15) is 43.9 Å². The molecule has 0 aromatic heterocycles. The summed E-state index contributed by atoms with van der Waals surface area (Å²) in [5.74, 6) is -2.40. The zero-order chi connectivity index (χ0) is 19.4. The molecule has 27 heavy (non-hydrogen) atoms. The van der Waals surface area contributed by atoms with Crippen LogP contribution in [0, 0.1) is 17.5 Å². The second-order valence-electron chi connectivity index (χ2n) is 6.54. The Bertz CT molecular complexity index is 825. The summed E-state index contributed by atoms with van der Waals surface area (Å²) in [5.41, 5.74) is 0.922. The topological polar surface area (TPSA) is 18.5 Å². The molecule has 2 atom stereocenters. The third kappa shape index (κ3) is 4.25. The zero-order valence-electron chi connectivity index (χ0n) is 15.5. The van der Waals surface area contributed by atoms with E-state index in [-0.39, 0.29) is 23.3 Å². The Balaban J connectivity index is 1.83. The van der Waals surface area contributed by atoms with Crippen LogP contribution < -0.4 is 0 Å². The van der Waals surface area contributed by atoms with Crippen LogP contribution in [-0.4, -0.2) is 19.3 Å². The predicted molar refractivity (Wildman–Crippen MR) is 99.8 cm³/mol. The number of hydrogen-bond acceptors (Lipinski definition) is 2. The summed E-state index contributed by atoms with van der Waals surface area (Å²) in [4.78, 5) is 0. The maximum absolute atomic E-state index is 14.7. The van der Waals surface area contributed by atoms with E-state index >= 15 is 0 Å². The molecular formula is C22H23F3O2. The fourth-order valence-electron chi connectivity index (χ4n) is 3.39. The molecule has 0 saturated carbocycles. The summed E-state index contributed by atoms with van der Waals surface area (Å²) in [5, 5.41) is 0. The molecule has 2 nitrogen and oxygen atoms in total. The van der Waals surface area contributed by atoms with Crippen LogP contribution in [0.4, 0.5) is 13.2 Å². The first-order valence-electron chi connectivity index (χ1n) is 9.18. The number of hydrogen-bond donors (Lipinski definition) is 0. The van der Waals surface area contributed by atoms with Crippen LogP contribution in [0.15, 0.2) is 36.4 Å². The van der Waals surface area contributed by atoms with E-state index in [1.807, 2.05) is 6.92 Å². The molecule has 2 aromatic rings. The minimum atomic E-state index is -0.980. The van der Waals surface area contributed by atoms with E-state index in [0.717, 1.165) is 6.42 Å². The number of ether oxygens (including phenoxy) is 2. The molecule has 0 spiro atoms. The van der Waals surface area contributed by atoms with Gasteiger partial charge in [-0.15, -0.1) is 0 Å². The van der Waals surface area contributed by atoms with Gasteiger partial charge in [-0.25, -0.2) is 13.2 Å². The summed E-state index contributed by atoms with van der Waals surface area (Å²) in [6.07, 6.45) is 4.26. The number of allylic oxidation sites excluding steroid dienone is 1. The van der Waals surface area contributed by atoms with Crippen molar-refractivity contribution in [1.29, 1.82) is 0 Å². The number of benzene rings is 2. The molecular weight excluding hydrogens is 353 g/mol. The van der Waals surface area contributed by atoms with E-state index in [4.69, 9.17) is 9.47 Å². The second kappa shape index (κ2) is 8.72. The molecule has 2 unspecified atom stereocenters. The molecule has 1 aliphatic heterocycles. The summed E-state index contributed by atoms with van der Waals surface area (Å²) >= 11 is 0. The molecule has 1 heterocycles. The molecule has 1 fully saturated rings. The number of rotatable bonds is 5. The number of halogens is 3. The Hall–Kier alpha value is -2.11. The minimum absolute atomic E-state index is 0.0344. The first kappa shape index (κ1) is 19.6. The largest absolute Gasteiger partial charge is 0.376 e. The van der Waals surface area contributed by atoms with Crippen molar-refractivity contribution in [2.75, 3.05) is 13.2 Å². The first-order valence-corrected chi connectivity index (χ1v) is 9.18. The molecule has 144 valence electrons. The van der Waals surface area contributed by atoms with Gasteiger partial charge in [0, 0.05) is 23.3 Å². The van der Waals surface area contributed by atoms with E-state index < -0.39 is 17.5 Å². The molecule has 0 aliphatic carbocycles. The fraction of sp³-hybridized carbons (Fsp3) is 0.364. The van der Waals surface area contributed by atoms with Gasteiger partial charge in [-0.05, 0) is 38.3 Å². The van der Waals surface area contributed by atoms with Crippen LogP contribution in [0.5, 0.6) is 0 Å². The van der Waals surface area contributed by atoms with Crippen LogP contribution in [0.2, 0.25) is 0 Å². The molecule has 0 amide bonds. The van der Waals surface area contributed by atoms with Crippen molar-refractivity contribution in [2.45, 2.75) is 38.9 Å². The summed E-state index contributed by atoms with van der Waals surface area (Å²) < 4.78 is 54.5. The van der Waals surface area contributed by atoms with Crippen LogP contribution >= 0.6 is 0 Å². The Morgan fingerprint density at radius 2 is 1.93 bits per heavy atom. The smallest absolute Gasteiger partial charge is 0.167 e. The van der Waals surface area contributed by atoms with E-state index in [0.29, 0.717) is 30.8 Å². The molecule has 0 bridgehead atoms. The Kier molecular flexibility index (Phi) is 6.34. The average Bonchev–Trinajstić information content (AvgIpc) is 2.67. The lowest BCUT2D eigenvalue weighted by atomic mass is 9.96. The molecule has 3 rings (SSSR count). The summed E-state index contributed by atoms with van der Waals surface area (Å²) in [7, 11) is 0. The van der Waals surface area contributed by atoms with Gasteiger partial charge in [0.05, 0.1) is 18.8 Å². The lowest BCUT2D eigenvalue weighted by Crippen LogP contribution is -2.27. The predicted octanol–water partition coefficient (Wildman–Crippen LogP) is 6.06. The van der Waals surface area contributed by atoms with Gasteiger partial charge in [-0.1, -0.05) is 36.4 Å². The van der Waals surface area contributed by atoms with Crippen molar-refractivity contribution in [3.05, 3.63) is 65.0 Å². The maximum atomic E-state index is 14.7. The van der Waals surface area contributed by atoms with E-state index in [9.17, 15) is 13.2 Å². The third-order valence-corrected chi connectivity index (χ3v) is 4.75. The maximum Gasteiger partial charge on any atom is 0.167 e. The van der Waals surface area contributed by atoms with Gasteiger partial charge in [0.2, 0.25) is 0 Å². The molecule has 1 saturated heterocycles.